The van der Waals surface area contributed by atoms with E-state index in [0.29, 0.717) is 36.5 Å². The van der Waals surface area contributed by atoms with E-state index in [1.165, 1.54) is 30.5 Å². The van der Waals surface area contributed by atoms with Gasteiger partial charge in [-0.2, -0.15) is 0 Å². The number of aromatic nitrogens is 2. The average Bonchev–Trinajstić information content (AvgIpc) is 2.79. The van der Waals surface area contributed by atoms with Crippen LogP contribution in [-0.4, -0.2) is 46.4 Å². The highest BCUT2D eigenvalue weighted by Gasteiger charge is 2.23. The van der Waals surface area contributed by atoms with Gasteiger partial charge in [-0.15, -0.1) is 0 Å². The summed E-state index contributed by atoms with van der Waals surface area (Å²) in [5.74, 6) is -0.299. The Balaban J connectivity index is 1.24. The van der Waals surface area contributed by atoms with Crippen molar-refractivity contribution in [2.75, 3.05) is 25.0 Å². The van der Waals surface area contributed by atoms with Crippen LogP contribution < -0.4 is 10.6 Å². The van der Waals surface area contributed by atoms with E-state index < -0.39 is 0 Å². The predicted molar refractivity (Wildman–Crippen MR) is 112 cm³/mol. The summed E-state index contributed by atoms with van der Waals surface area (Å²) in [5, 5.41) is 5.70. The van der Waals surface area contributed by atoms with Gasteiger partial charge < -0.3 is 15.5 Å². The second kappa shape index (κ2) is 8.86. The molecule has 0 atom stereocenters. The molecule has 3 amide bonds. The Hall–Kier alpha value is -3.55. The van der Waals surface area contributed by atoms with Crippen LogP contribution in [0.15, 0.2) is 54.7 Å². The molecule has 2 heterocycles. The van der Waals surface area contributed by atoms with Crippen LogP contribution in [0.5, 0.6) is 0 Å². The summed E-state index contributed by atoms with van der Waals surface area (Å²) in [6.45, 7) is 1.73. The number of carbonyl (C=O) groups excluding carboxylic acids is 2. The highest BCUT2D eigenvalue weighted by Crippen LogP contribution is 2.18. The normalized spacial score (nSPS) is 14.5. The first kappa shape index (κ1) is 19.8. The van der Waals surface area contributed by atoms with E-state index in [1.807, 2.05) is 24.3 Å². The Morgan fingerprint density at radius 1 is 1.03 bits per heavy atom. The van der Waals surface area contributed by atoms with E-state index >= 15 is 0 Å². The number of fused-ring (bicyclic) bond motifs is 1. The Kier molecular flexibility index (Phi) is 5.83. The predicted octanol–water partition coefficient (Wildman–Crippen LogP) is 3.44. The van der Waals surface area contributed by atoms with Crippen molar-refractivity contribution in [3.8, 4) is 0 Å². The molecule has 1 aliphatic rings. The number of nitrogens with zero attached hydrogens (tertiary/aromatic N) is 3. The third-order valence-electron chi connectivity index (χ3n) is 5.23. The molecule has 154 valence electrons. The van der Waals surface area contributed by atoms with Crippen molar-refractivity contribution in [1.29, 1.82) is 0 Å². The molecule has 4 rings (SSSR count). The van der Waals surface area contributed by atoms with Gasteiger partial charge in [0, 0.05) is 25.3 Å². The van der Waals surface area contributed by atoms with Crippen LogP contribution in [0, 0.1) is 11.7 Å². The van der Waals surface area contributed by atoms with E-state index in [0.717, 1.165) is 18.4 Å². The summed E-state index contributed by atoms with van der Waals surface area (Å²) >= 11 is 0. The maximum absolute atomic E-state index is 13.0. The van der Waals surface area contributed by atoms with Crippen molar-refractivity contribution in [2.45, 2.75) is 12.8 Å². The Labute approximate surface area is 173 Å². The van der Waals surface area contributed by atoms with Crippen LogP contribution >= 0.6 is 0 Å². The minimum absolute atomic E-state index is 0.199. The average molecular weight is 407 g/mol. The summed E-state index contributed by atoms with van der Waals surface area (Å²) in [5.41, 5.74) is 2.29. The number of likely N-dealkylation sites (tertiary alicyclic amines) is 1. The highest BCUT2D eigenvalue weighted by molar-refractivity contribution is 5.93. The number of urea groups is 1. The first-order valence-corrected chi connectivity index (χ1v) is 9.90. The lowest BCUT2D eigenvalue weighted by atomic mass is 9.97. The lowest BCUT2D eigenvalue weighted by Crippen LogP contribution is -2.43. The van der Waals surface area contributed by atoms with Crippen molar-refractivity contribution in [3.63, 3.8) is 0 Å². The molecule has 0 bridgehead atoms. The van der Waals surface area contributed by atoms with Crippen LogP contribution in [0.2, 0.25) is 0 Å². The fourth-order valence-corrected chi connectivity index (χ4v) is 3.47. The Morgan fingerprint density at radius 2 is 1.73 bits per heavy atom. The summed E-state index contributed by atoms with van der Waals surface area (Å²) in [6.07, 6.45) is 3.07. The maximum atomic E-state index is 13.0. The minimum Gasteiger partial charge on any atom is -0.350 e. The SMILES string of the molecule is O=C(NCC1CCN(C(=O)Nc2ccc(F)cc2)CC1)c1cnc2ccccc2n1. The standard InChI is InChI=1S/C22H22FN5O2/c23-16-5-7-17(8-6-16)26-22(30)28-11-9-15(10-12-28)13-25-21(29)20-14-24-18-3-1-2-4-19(18)27-20/h1-8,14-15H,9-13H2,(H,25,29)(H,26,30). The van der Waals surface area contributed by atoms with Crippen molar-refractivity contribution in [1.82, 2.24) is 20.2 Å². The van der Waals surface area contributed by atoms with Gasteiger partial charge in [0.05, 0.1) is 17.2 Å². The van der Waals surface area contributed by atoms with Crippen LogP contribution in [0.1, 0.15) is 23.3 Å². The molecule has 1 aromatic heterocycles. The summed E-state index contributed by atoms with van der Waals surface area (Å²) in [4.78, 5) is 35.1. The van der Waals surface area contributed by atoms with Gasteiger partial charge in [0.25, 0.3) is 5.91 Å². The topological polar surface area (TPSA) is 87.2 Å². The van der Waals surface area contributed by atoms with E-state index in [1.54, 1.807) is 4.90 Å². The van der Waals surface area contributed by atoms with E-state index in [2.05, 4.69) is 20.6 Å². The molecule has 0 saturated carbocycles. The molecule has 0 unspecified atom stereocenters. The molecule has 30 heavy (non-hydrogen) atoms. The largest absolute Gasteiger partial charge is 0.350 e. The van der Waals surface area contributed by atoms with Gasteiger partial charge in [-0.3, -0.25) is 9.78 Å². The number of nitrogens with one attached hydrogen (secondary N) is 2. The lowest BCUT2D eigenvalue weighted by Gasteiger charge is -2.32. The van der Waals surface area contributed by atoms with Crippen molar-refractivity contribution in [3.05, 3.63) is 66.2 Å². The van der Waals surface area contributed by atoms with Gasteiger partial charge in [-0.05, 0) is 55.2 Å². The number of carbonyl (C=O) groups is 2. The molecule has 0 spiro atoms. The zero-order chi connectivity index (χ0) is 20.9. The van der Waals surface area contributed by atoms with Gasteiger partial charge in [-0.25, -0.2) is 14.2 Å². The van der Waals surface area contributed by atoms with Crippen LogP contribution in [0.4, 0.5) is 14.9 Å². The molecule has 2 aromatic carbocycles. The van der Waals surface area contributed by atoms with Crippen molar-refractivity contribution in [2.24, 2.45) is 5.92 Å². The van der Waals surface area contributed by atoms with Crippen LogP contribution in [0.25, 0.3) is 11.0 Å². The van der Waals surface area contributed by atoms with Gasteiger partial charge in [-0.1, -0.05) is 12.1 Å². The van der Waals surface area contributed by atoms with E-state index in [9.17, 15) is 14.0 Å². The van der Waals surface area contributed by atoms with Gasteiger partial charge >= 0.3 is 6.03 Å². The molecular formula is C22H22FN5O2. The van der Waals surface area contributed by atoms with E-state index in [4.69, 9.17) is 0 Å². The molecule has 3 aromatic rings. The minimum atomic E-state index is -0.342. The number of halogens is 1. The summed E-state index contributed by atoms with van der Waals surface area (Å²) in [7, 11) is 0. The number of anilines is 1. The Morgan fingerprint density at radius 3 is 2.47 bits per heavy atom. The zero-order valence-corrected chi connectivity index (χ0v) is 16.3. The van der Waals surface area contributed by atoms with Crippen LogP contribution in [-0.2, 0) is 0 Å². The number of rotatable bonds is 4. The zero-order valence-electron chi connectivity index (χ0n) is 16.3. The summed E-state index contributed by atoms with van der Waals surface area (Å²) < 4.78 is 13.0. The number of para-hydroxylation sites is 2. The molecule has 8 heteroatoms. The molecule has 1 fully saturated rings. The third-order valence-corrected chi connectivity index (χ3v) is 5.23. The molecule has 1 aliphatic heterocycles. The second-order valence-corrected chi connectivity index (χ2v) is 7.32. The van der Waals surface area contributed by atoms with Crippen molar-refractivity contribution >= 4 is 28.7 Å². The number of benzene rings is 2. The maximum Gasteiger partial charge on any atom is 0.321 e. The van der Waals surface area contributed by atoms with Crippen LogP contribution in [0.3, 0.4) is 0 Å². The smallest absolute Gasteiger partial charge is 0.321 e. The number of hydrogen-bond donors (Lipinski definition) is 2. The quantitative estimate of drug-likeness (QED) is 0.694. The van der Waals surface area contributed by atoms with E-state index in [-0.39, 0.29) is 23.7 Å². The first-order chi connectivity index (χ1) is 14.6. The van der Waals surface area contributed by atoms with Gasteiger partial charge in [0.15, 0.2) is 0 Å². The molecule has 0 aliphatic carbocycles. The molecule has 2 N–H and O–H groups in total. The van der Waals surface area contributed by atoms with Gasteiger partial charge in [0.1, 0.15) is 11.5 Å². The number of amides is 3. The third kappa shape index (κ3) is 4.71. The highest BCUT2D eigenvalue weighted by atomic mass is 19.1. The molecule has 1 saturated heterocycles. The number of piperidine rings is 1. The monoisotopic (exact) mass is 407 g/mol. The fourth-order valence-electron chi connectivity index (χ4n) is 3.47. The Bertz CT molecular complexity index is 1050. The fraction of sp³-hybridized carbons (Fsp3) is 0.273. The lowest BCUT2D eigenvalue weighted by molar-refractivity contribution is 0.0933. The summed E-state index contributed by atoms with van der Waals surface area (Å²) in [6, 6.07) is 12.9. The molecule has 7 nitrogen and oxygen atoms in total. The molecular weight excluding hydrogens is 385 g/mol. The first-order valence-electron chi connectivity index (χ1n) is 9.90. The molecule has 0 radical (unpaired) electrons. The number of hydrogen-bond acceptors (Lipinski definition) is 4. The van der Waals surface area contributed by atoms with Gasteiger partial charge in [0.2, 0.25) is 0 Å². The second-order valence-electron chi connectivity index (χ2n) is 7.32. The van der Waals surface area contributed by atoms with Crippen molar-refractivity contribution < 1.29 is 14.0 Å².